The first kappa shape index (κ1) is 17.0. The van der Waals surface area contributed by atoms with Crippen LogP contribution in [0.5, 0.6) is 0 Å². The monoisotopic (exact) mass is 342 g/mol. The second-order valence-electron chi connectivity index (χ2n) is 7.71. The summed E-state index contributed by atoms with van der Waals surface area (Å²) < 4.78 is 0. The molecular weight excluding hydrogens is 312 g/mol. The van der Waals surface area contributed by atoms with Crippen molar-refractivity contribution >= 4 is 11.6 Å². The minimum Gasteiger partial charge on any atom is -0.316 e. The highest BCUT2D eigenvalue weighted by molar-refractivity contribution is 5.96. The molecule has 0 aliphatic carbocycles. The van der Waals surface area contributed by atoms with Crippen molar-refractivity contribution in [2.75, 3.05) is 63.8 Å². The van der Waals surface area contributed by atoms with Crippen LogP contribution < -0.4 is 10.2 Å². The largest absolute Gasteiger partial charge is 0.316 e. The third kappa shape index (κ3) is 4.05. The predicted octanol–water partition coefficient (Wildman–Crippen LogP) is 1.19. The van der Waals surface area contributed by atoms with Gasteiger partial charge in [-0.1, -0.05) is 18.2 Å². The fourth-order valence-electron chi connectivity index (χ4n) is 4.45. The number of carbonyl (C=O) groups excluding carboxylic acids is 1. The number of carbonyl (C=O) groups is 1. The lowest BCUT2D eigenvalue weighted by atomic mass is 9.99. The number of piperazine rings is 1. The van der Waals surface area contributed by atoms with Crippen LogP contribution in [0.25, 0.3) is 0 Å². The number of rotatable bonds is 4. The summed E-state index contributed by atoms with van der Waals surface area (Å²) in [4.78, 5) is 19.6. The summed E-state index contributed by atoms with van der Waals surface area (Å²) in [7, 11) is 0. The summed E-state index contributed by atoms with van der Waals surface area (Å²) >= 11 is 0. The quantitative estimate of drug-likeness (QED) is 0.892. The van der Waals surface area contributed by atoms with Gasteiger partial charge in [0.25, 0.3) is 0 Å². The van der Waals surface area contributed by atoms with E-state index >= 15 is 0 Å². The number of amides is 1. The van der Waals surface area contributed by atoms with Gasteiger partial charge in [0.2, 0.25) is 5.91 Å². The zero-order valence-corrected chi connectivity index (χ0v) is 15.1. The molecule has 0 spiro atoms. The third-order valence-electron chi connectivity index (χ3n) is 5.93. The summed E-state index contributed by atoms with van der Waals surface area (Å²) in [6.45, 7) is 9.21. The van der Waals surface area contributed by atoms with Crippen LogP contribution in [0.3, 0.4) is 0 Å². The van der Waals surface area contributed by atoms with Crippen molar-refractivity contribution in [3.8, 4) is 0 Å². The summed E-state index contributed by atoms with van der Waals surface area (Å²) in [5, 5.41) is 3.51. The Hall–Kier alpha value is -1.43. The van der Waals surface area contributed by atoms with Gasteiger partial charge in [0.1, 0.15) is 0 Å². The first-order chi connectivity index (χ1) is 12.3. The Kier molecular flexibility index (Phi) is 5.34. The molecule has 5 heteroatoms. The number of fused-ring (bicyclic) bond motifs is 1. The third-order valence-corrected chi connectivity index (χ3v) is 5.93. The van der Waals surface area contributed by atoms with E-state index in [1.54, 1.807) is 0 Å². The lowest BCUT2D eigenvalue weighted by Crippen LogP contribution is -2.51. The minimum atomic E-state index is 0.259. The Morgan fingerprint density at radius 1 is 1.08 bits per heavy atom. The smallest absolute Gasteiger partial charge is 0.241 e. The topological polar surface area (TPSA) is 38.8 Å². The van der Waals surface area contributed by atoms with Gasteiger partial charge in [-0.05, 0) is 49.9 Å². The average Bonchev–Trinajstić information content (AvgIpc) is 3.08. The molecule has 3 aliphatic heterocycles. The molecule has 2 saturated heterocycles. The second-order valence-corrected chi connectivity index (χ2v) is 7.71. The first-order valence-electron chi connectivity index (χ1n) is 9.83. The van der Waals surface area contributed by atoms with E-state index in [4.69, 9.17) is 0 Å². The number of hydrogen-bond acceptors (Lipinski definition) is 4. The van der Waals surface area contributed by atoms with Crippen molar-refractivity contribution in [1.82, 2.24) is 15.1 Å². The fourth-order valence-corrected chi connectivity index (χ4v) is 4.45. The molecule has 136 valence electrons. The van der Waals surface area contributed by atoms with Crippen molar-refractivity contribution < 1.29 is 4.79 Å². The lowest BCUT2D eigenvalue weighted by Gasteiger charge is -2.37. The fraction of sp³-hybridized carbons (Fsp3) is 0.650. The molecule has 1 aromatic carbocycles. The number of anilines is 1. The Morgan fingerprint density at radius 2 is 1.88 bits per heavy atom. The van der Waals surface area contributed by atoms with Gasteiger partial charge in [-0.3, -0.25) is 9.69 Å². The normalized spacial score (nSPS) is 25.1. The molecule has 3 heterocycles. The molecule has 1 aromatic rings. The van der Waals surface area contributed by atoms with Crippen LogP contribution in [0.15, 0.2) is 24.3 Å². The van der Waals surface area contributed by atoms with Crippen molar-refractivity contribution in [1.29, 1.82) is 0 Å². The number of piperidine rings is 1. The SMILES string of the molecule is O=C(CN1CCN(CC2CCCNC2)CC1)N1CCc2ccccc21. The van der Waals surface area contributed by atoms with Gasteiger partial charge in [-0.25, -0.2) is 0 Å². The number of para-hydroxylation sites is 1. The maximum Gasteiger partial charge on any atom is 0.241 e. The molecule has 4 rings (SSSR count). The maximum absolute atomic E-state index is 12.7. The molecule has 1 unspecified atom stereocenters. The Bertz CT molecular complexity index is 591. The molecule has 2 fully saturated rings. The van der Waals surface area contributed by atoms with E-state index in [0.717, 1.165) is 50.7 Å². The van der Waals surface area contributed by atoms with E-state index in [1.807, 2.05) is 11.0 Å². The molecule has 0 aromatic heterocycles. The summed E-state index contributed by atoms with van der Waals surface area (Å²) in [6.07, 6.45) is 3.67. The second kappa shape index (κ2) is 7.85. The van der Waals surface area contributed by atoms with Gasteiger partial charge >= 0.3 is 0 Å². The summed E-state index contributed by atoms with van der Waals surface area (Å²) in [6, 6.07) is 8.31. The molecular formula is C20H30N4O. The molecule has 1 N–H and O–H groups in total. The molecule has 25 heavy (non-hydrogen) atoms. The Morgan fingerprint density at radius 3 is 2.68 bits per heavy atom. The van der Waals surface area contributed by atoms with Crippen LogP contribution in [0.2, 0.25) is 0 Å². The Labute approximate surface area is 151 Å². The van der Waals surface area contributed by atoms with Crippen LogP contribution in [-0.4, -0.2) is 74.6 Å². The van der Waals surface area contributed by atoms with Crippen LogP contribution in [0.1, 0.15) is 18.4 Å². The van der Waals surface area contributed by atoms with Crippen molar-refractivity contribution in [3.05, 3.63) is 29.8 Å². The zero-order chi connectivity index (χ0) is 17.1. The molecule has 3 aliphatic rings. The first-order valence-corrected chi connectivity index (χ1v) is 9.83. The molecule has 0 radical (unpaired) electrons. The van der Waals surface area contributed by atoms with Crippen LogP contribution in [-0.2, 0) is 11.2 Å². The molecule has 1 atom stereocenters. The Balaban J connectivity index is 1.24. The maximum atomic E-state index is 12.7. The van der Waals surface area contributed by atoms with E-state index in [2.05, 4.69) is 33.3 Å². The van der Waals surface area contributed by atoms with Gasteiger partial charge in [0.15, 0.2) is 0 Å². The summed E-state index contributed by atoms with van der Waals surface area (Å²) in [5.74, 6) is 1.07. The van der Waals surface area contributed by atoms with Crippen molar-refractivity contribution in [2.24, 2.45) is 5.92 Å². The van der Waals surface area contributed by atoms with Gasteiger partial charge in [-0.15, -0.1) is 0 Å². The van der Waals surface area contributed by atoms with Crippen LogP contribution >= 0.6 is 0 Å². The molecule has 5 nitrogen and oxygen atoms in total. The lowest BCUT2D eigenvalue weighted by molar-refractivity contribution is -0.120. The van der Waals surface area contributed by atoms with E-state index < -0.39 is 0 Å². The van der Waals surface area contributed by atoms with E-state index in [1.165, 1.54) is 38.0 Å². The van der Waals surface area contributed by atoms with Crippen LogP contribution in [0.4, 0.5) is 5.69 Å². The highest BCUT2D eigenvalue weighted by Gasteiger charge is 2.27. The zero-order valence-electron chi connectivity index (χ0n) is 15.1. The van der Waals surface area contributed by atoms with E-state index in [9.17, 15) is 4.79 Å². The highest BCUT2D eigenvalue weighted by atomic mass is 16.2. The predicted molar refractivity (Wildman–Crippen MR) is 101 cm³/mol. The number of hydrogen-bond donors (Lipinski definition) is 1. The molecule has 0 bridgehead atoms. The number of nitrogens with one attached hydrogen (secondary N) is 1. The van der Waals surface area contributed by atoms with Gasteiger partial charge in [0.05, 0.1) is 6.54 Å². The van der Waals surface area contributed by atoms with Gasteiger partial charge in [-0.2, -0.15) is 0 Å². The average molecular weight is 342 g/mol. The van der Waals surface area contributed by atoms with Crippen molar-refractivity contribution in [3.63, 3.8) is 0 Å². The van der Waals surface area contributed by atoms with Crippen LogP contribution in [0, 0.1) is 5.92 Å². The molecule has 0 saturated carbocycles. The standard InChI is InChI=1S/C20H30N4O/c25-20(24-9-7-18-5-1-2-6-19(18)24)16-23-12-10-22(11-13-23)15-17-4-3-8-21-14-17/h1-2,5-6,17,21H,3-4,7-16H2. The summed E-state index contributed by atoms with van der Waals surface area (Å²) in [5.41, 5.74) is 2.43. The highest BCUT2D eigenvalue weighted by Crippen LogP contribution is 2.27. The van der Waals surface area contributed by atoms with E-state index in [-0.39, 0.29) is 5.91 Å². The number of nitrogens with zero attached hydrogens (tertiary/aromatic N) is 3. The van der Waals surface area contributed by atoms with E-state index in [0.29, 0.717) is 6.54 Å². The number of benzene rings is 1. The minimum absolute atomic E-state index is 0.259. The van der Waals surface area contributed by atoms with Crippen molar-refractivity contribution in [2.45, 2.75) is 19.3 Å². The van der Waals surface area contributed by atoms with Gasteiger partial charge < -0.3 is 15.1 Å². The molecule has 1 amide bonds. The van der Waals surface area contributed by atoms with Gasteiger partial charge in [0, 0.05) is 45.0 Å².